The first-order chi connectivity index (χ1) is 14.7. The Morgan fingerprint density at radius 2 is 2.03 bits per heavy atom. The molecule has 0 radical (unpaired) electrons. The molecule has 0 saturated carbocycles. The molecule has 1 fully saturated rings. The first-order valence-corrected chi connectivity index (χ1v) is 11.2. The van der Waals surface area contributed by atoms with Gasteiger partial charge in [-0.05, 0) is 74.7 Å². The molecule has 2 aromatic carbocycles. The third kappa shape index (κ3) is 4.39. The second-order valence-corrected chi connectivity index (χ2v) is 8.52. The quantitative estimate of drug-likeness (QED) is 0.477. The highest BCUT2D eigenvalue weighted by molar-refractivity contribution is 8.00. The van der Waals surface area contributed by atoms with Crippen LogP contribution in [0.1, 0.15) is 54.4 Å². The minimum Gasteiger partial charge on any atom is -0.492 e. The van der Waals surface area contributed by atoms with Gasteiger partial charge in [-0.2, -0.15) is 5.26 Å². The number of nitriles is 1. The molecule has 2 heterocycles. The van der Waals surface area contributed by atoms with Crippen molar-refractivity contribution in [3.05, 3.63) is 47.3 Å². The van der Waals surface area contributed by atoms with E-state index in [1.165, 1.54) is 24.4 Å². The van der Waals surface area contributed by atoms with E-state index in [0.717, 1.165) is 55.5 Å². The number of ether oxygens (including phenoxy) is 1. The van der Waals surface area contributed by atoms with Gasteiger partial charge in [0.15, 0.2) is 0 Å². The number of rotatable bonds is 1. The second kappa shape index (κ2) is 9.40. The molecular formula is C23H24FN3O2S. The van der Waals surface area contributed by atoms with Crippen molar-refractivity contribution in [2.75, 3.05) is 22.8 Å². The molecule has 0 aliphatic carbocycles. The Bertz CT molecular complexity index is 976. The smallest absolute Gasteiger partial charge is 0.150 e. The van der Waals surface area contributed by atoms with Crippen LogP contribution in [0.3, 0.4) is 0 Å². The van der Waals surface area contributed by atoms with Gasteiger partial charge >= 0.3 is 0 Å². The molecule has 156 valence electrons. The SMILES string of the molecule is N#Cc1cc2c(cc1F)N1CCCCC1CCCCOc1ccc(C=O)cc1SN2. The summed E-state index contributed by atoms with van der Waals surface area (Å²) in [5.74, 6) is 0.211. The van der Waals surface area contributed by atoms with Crippen LogP contribution in [0.15, 0.2) is 35.2 Å². The van der Waals surface area contributed by atoms with Gasteiger partial charge in [-0.1, -0.05) is 0 Å². The highest BCUT2D eigenvalue weighted by Crippen LogP contribution is 2.39. The molecule has 4 rings (SSSR count). The third-order valence-electron chi connectivity index (χ3n) is 5.71. The molecule has 1 N–H and O–H groups in total. The molecule has 0 aromatic heterocycles. The van der Waals surface area contributed by atoms with E-state index >= 15 is 0 Å². The van der Waals surface area contributed by atoms with Crippen molar-refractivity contribution in [3.63, 3.8) is 0 Å². The van der Waals surface area contributed by atoms with Crippen LogP contribution in [0.2, 0.25) is 0 Å². The molecule has 0 amide bonds. The van der Waals surface area contributed by atoms with E-state index in [1.807, 2.05) is 12.1 Å². The van der Waals surface area contributed by atoms with Gasteiger partial charge in [0.2, 0.25) is 0 Å². The summed E-state index contributed by atoms with van der Waals surface area (Å²) in [5, 5.41) is 9.33. The molecule has 0 spiro atoms. The average Bonchev–Trinajstić information content (AvgIpc) is 2.79. The minimum absolute atomic E-state index is 0.0119. The number of hydrogen-bond donors (Lipinski definition) is 1. The Balaban J connectivity index is 1.75. The molecule has 1 unspecified atom stereocenters. The van der Waals surface area contributed by atoms with E-state index < -0.39 is 5.82 Å². The van der Waals surface area contributed by atoms with Crippen molar-refractivity contribution in [1.29, 1.82) is 5.26 Å². The molecule has 1 saturated heterocycles. The Labute approximate surface area is 180 Å². The number of fused-ring (bicyclic) bond motifs is 4. The number of nitrogens with one attached hydrogen (secondary N) is 1. The normalized spacial score (nSPS) is 19.2. The third-order valence-corrected chi connectivity index (χ3v) is 6.57. The highest BCUT2D eigenvalue weighted by Gasteiger charge is 2.26. The lowest BCUT2D eigenvalue weighted by molar-refractivity contribution is 0.112. The summed E-state index contributed by atoms with van der Waals surface area (Å²) in [4.78, 5) is 14.3. The van der Waals surface area contributed by atoms with Gasteiger partial charge in [0.05, 0.1) is 28.4 Å². The molecule has 2 aliphatic rings. The van der Waals surface area contributed by atoms with Crippen LogP contribution in [0.5, 0.6) is 5.75 Å². The van der Waals surface area contributed by atoms with E-state index in [2.05, 4.69) is 9.62 Å². The zero-order valence-corrected chi connectivity index (χ0v) is 17.5. The molecule has 0 bridgehead atoms. The number of aldehydes is 1. The minimum atomic E-state index is -0.497. The number of nitrogens with zero attached hydrogens (tertiary/aromatic N) is 2. The van der Waals surface area contributed by atoms with Gasteiger partial charge in [-0.15, -0.1) is 0 Å². The van der Waals surface area contributed by atoms with Crippen LogP contribution < -0.4 is 14.4 Å². The second-order valence-electron chi connectivity index (χ2n) is 7.68. The van der Waals surface area contributed by atoms with Crippen molar-refractivity contribution in [1.82, 2.24) is 0 Å². The number of anilines is 2. The predicted molar refractivity (Wildman–Crippen MR) is 117 cm³/mol. The zero-order valence-electron chi connectivity index (χ0n) is 16.7. The van der Waals surface area contributed by atoms with Crippen molar-refractivity contribution < 1.29 is 13.9 Å². The van der Waals surface area contributed by atoms with Gasteiger partial charge in [0, 0.05) is 24.2 Å². The van der Waals surface area contributed by atoms with E-state index in [1.54, 1.807) is 18.2 Å². The molecule has 1 atom stereocenters. The van der Waals surface area contributed by atoms with Crippen LogP contribution in [-0.4, -0.2) is 25.5 Å². The summed E-state index contributed by atoms with van der Waals surface area (Å²) >= 11 is 1.31. The summed E-state index contributed by atoms with van der Waals surface area (Å²) in [6, 6.07) is 10.7. The highest BCUT2D eigenvalue weighted by atomic mass is 32.2. The van der Waals surface area contributed by atoms with Crippen molar-refractivity contribution in [2.45, 2.75) is 49.5 Å². The van der Waals surface area contributed by atoms with E-state index in [0.29, 0.717) is 29.6 Å². The van der Waals surface area contributed by atoms with Crippen LogP contribution in [0.25, 0.3) is 0 Å². The lowest BCUT2D eigenvalue weighted by Crippen LogP contribution is -2.40. The van der Waals surface area contributed by atoms with Gasteiger partial charge in [-0.3, -0.25) is 4.79 Å². The number of hydrogen-bond acceptors (Lipinski definition) is 6. The standard InChI is InChI=1S/C23H24FN3O2S/c24-19-13-21-20(12-17(19)14-25)26-30-23-11-16(15-28)7-8-22(23)29-10-4-2-6-18-5-1-3-9-27(18)21/h7-8,11-13,15,18,26H,1-6,9-10H2. The first kappa shape index (κ1) is 20.5. The number of piperidine rings is 1. The lowest BCUT2D eigenvalue weighted by atomic mass is 9.96. The van der Waals surface area contributed by atoms with Crippen LogP contribution >= 0.6 is 11.9 Å². The molecule has 30 heavy (non-hydrogen) atoms. The largest absolute Gasteiger partial charge is 0.492 e. The number of carbonyl (C=O) groups excluding carboxylic acids is 1. The maximum atomic E-state index is 14.6. The first-order valence-electron chi connectivity index (χ1n) is 10.3. The predicted octanol–water partition coefficient (Wildman–Crippen LogP) is 5.55. The summed E-state index contributed by atoms with van der Waals surface area (Å²) < 4.78 is 23.8. The van der Waals surface area contributed by atoms with Crippen molar-refractivity contribution in [3.8, 4) is 11.8 Å². The molecule has 7 heteroatoms. The van der Waals surface area contributed by atoms with Crippen molar-refractivity contribution >= 4 is 29.6 Å². The van der Waals surface area contributed by atoms with Gasteiger partial charge in [0.25, 0.3) is 0 Å². The number of benzene rings is 2. The van der Waals surface area contributed by atoms with Gasteiger partial charge in [0.1, 0.15) is 23.9 Å². The number of carbonyl (C=O) groups is 1. The number of halogens is 1. The summed E-state index contributed by atoms with van der Waals surface area (Å²) in [5.41, 5.74) is 2.06. The van der Waals surface area contributed by atoms with Gasteiger partial charge in [-0.25, -0.2) is 4.39 Å². The lowest BCUT2D eigenvalue weighted by Gasteiger charge is -2.39. The summed E-state index contributed by atoms with van der Waals surface area (Å²) in [6.45, 7) is 1.48. The molecule has 2 aromatic rings. The van der Waals surface area contributed by atoms with Crippen molar-refractivity contribution in [2.24, 2.45) is 0 Å². The average molecular weight is 426 g/mol. The maximum Gasteiger partial charge on any atom is 0.150 e. The van der Waals surface area contributed by atoms with Crippen LogP contribution in [0.4, 0.5) is 15.8 Å². The maximum absolute atomic E-state index is 14.6. The van der Waals surface area contributed by atoms with Crippen LogP contribution in [-0.2, 0) is 0 Å². The molecule has 2 aliphatic heterocycles. The van der Waals surface area contributed by atoms with E-state index in [-0.39, 0.29) is 5.56 Å². The Morgan fingerprint density at radius 3 is 2.83 bits per heavy atom. The monoisotopic (exact) mass is 425 g/mol. The Morgan fingerprint density at radius 1 is 1.20 bits per heavy atom. The fourth-order valence-corrected chi connectivity index (χ4v) is 4.96. The molecule has 5 nitrogen and oxygen atoms in total. The Kier molecular flexibility index (Phi) is 6.44. The molecular weight excluding hydrogens is 401 g/mol. The summed E-state index contributed by atoms with van der Waals surface area (Å²) in [6.07, 6.45) is 7.11. The Hall–Kier alpha value is -2.72. The van der Waals surface area contributed by atoms with Crippen LogP contribution in [0, 0.1) is 17.1 Å². The summed E-state index contributed by atoms with van der Waals surface area (Å²) in [7, 11) is 0. The van der Waals surface area contributed by atoms with E-state index in [4.69, 9.17) is 4.74 Å². The fourth-order valence-electron chi connectivity index (χ4n) is 4.16. The zero-order chi connectivity index (χ0) is 20.9. The fraction of sp³-hybridized carbons (Fsp3) is 0.391. The van der Waals surface area contributed by atoms with Gasteiger partial charge < -0.3 is 14.4 Å². The van der Waals surface area contributed by atoms with E-state index in [9.17, 15) is 14.4 Å². The topological polar surface area (TPSA) is 65.4 Å².